The summed E-state index contributed by atoms with van der Waals surface area (Å²) in [5.74, 6) is 0.311. The molecule has 0 aromatic heterocycles. The molecule has 2 heteroatoms. The van der Waals surface area contributed by atoms with E-state index in [0.717, 1.165) is 17.8 Å². The molecule has 90 valence electrons. The van der Waals surface area contributed by atoms with Crippen LogP contribution >= 0.6 is 0 Å². The molecule has 0 spiro atoms. The van der Waals surface area contributed by atoms with Gasteiger partial charge in [-0.15, -0.1) is 0 Å². The standard InChI is InChI=1S/C16H15NO/c1-11-15(8-9-16(11)18)17-14-7-6-12-4-2-3-5-13(12)10-14/h2-7,10-11H,8-9H2,1H3. The molecule has 1 atom stereocenters. The van der Waals surface area contributed by atoms with Crippen LogP contribution in [0.3, 0.4) is 0 Å². The Morgan fingerprint density at radius 3 is 2.56 bits per heavy atom. The zero-order valence-electron chi connectivity index (χ0n) is 10.4. The molecule has 0 heterocycles. The lowest BCUT2D eigenvalue weighted by Crippen LogP contribution is -2.08. The highest BCUT2D eigenvalue weighted by molar-refractivity contribution is 6.11. The van der Waals surface area contributed by atoms with E-state index in [4.69, 9.17) is 0 Å². The first-order chi connectivity index (χ1) is 8.74. The molecule has 2 aromatic rings. The number of hydrogen-bond donors (Lipinski definition) is 0. The van der Waals surface area contributed by atoms with Crippen molar-refractivity contribution in [3.05, 3.63) is 42.5 Å². The Bertz CT molecular complexity index is 642. The molecule has 0 aliphatic heterocycles. The molecule has 2 aromatic carbocycles. The van der Waals surface area contributed by atoms with Gasteiger partial charge in [0.2, 0.25) is 0 Å². The number of aliphatic imine (C=N–C) groups is 1. The van der Waals surface area contributed by atoms with Gasteiger partial charge in [-0.3, -0.25) is 9.79 Å². The van der Waals surface area contributed by atoms with Gasteiger partial charge in [0.25, 0.3) is 0 Å². The topological polar surface area (TPSA) is 29.4 Å². The van der Waals surface area contributed by atoms with Crippen molar-refractivity contribution in [3.63, 3.8) is 0 Å². The molecule has 0 N–H and O–H groups in total. The summed E-state index contributed by atoms with van der Waals surface area (Å²) in [7, 11) is 0. The molecule has 0 bridgehead atoms. The quantitative estimate of drug-likeness (QED) is 0.739. The molecule has 1 aliphatic carbocycles. The predicted molar refractivity (Wildman–Crippen MR) is 74.4 cm³/mol. The Morgan fingerprint density at radius 2 is 1.83 bits per heavy atom. The van der Waals surface area contributed by atoms with Gasteiger partial charge in [-0.05, 0) is 29.3 Å². The molecule has 0 saturated heterocycles. The van der Waals surface area contributed by atoms with Crippen molar-refractivity contribution < 1.29 is 4.79 Å². The van der Waals surface area contributed by atoms with E-state index in [1.807, 2.05) is 25.1 Å². The molecule has 1 saturated carbocycles. The average molecular weight is 237 g/mol. The third kappa shape index (κ3) is 1.94. The number of carbonyl (C=O) groups excluding carboxylic acids is 1. The molecule has 0 amide bonds. The van der Waals surface area contributed by atoms with Crippen molar-refractivity contribution in [1.29, 1.82) is 0 Å². The molecule has 0 radical (unpaired) electrons. The van der Waals surface area contributed by atoms with Crippen LogP contribution in [0.5, 0.6) is 0 Å². The second-order valence-electron chi connectivity index (χ2n) is 4.82. The number of benzene rings is 2. The Labute approximate surface area is 106 Å². The summed E-state index contributed by atoms with van der Waals surface area (Å²) >= 11 is 0. The third-order valence-electron chi connectivity index (χ3n) is 3.62. The van der Waals surface area contributed by atoms with E-state index >= 15 is 0 Å². The number of ketones is 1. The van der Waals surface area contributed by atoms with Gasteiger partial charge in [0, 0.05) is 12.1 Å². The van der Waals surface area contributed by atoms with E-state index in [0.29, 0.717) is 12.2 Å². The van der Waals surface area contributed by atoms with Gasteiger partial charge in [0.1, 0.15) is 5.78 Å². The number of fused-ring (bicyclic) bond motifs is 1. The second-order valence-corrected chi connectivity index (χ2v) is 4.82. The molecule has 1 unspecified atom stereocenters. The lowest BCUT2D eigenvalue weighted by molar-refractivity contribution is -0.119. The summed E-state index contributed by atoms with van der Waals surface area (Å²) in [5, 5.41) is 2.41. The summed E-state index contributed by atoms with van der Waals surface area (Å²) in [4.78, 5) is 16.1. The van der Waals surface area contributed by atoms with E-state index in [1.165, 1.54) is 10.8 Å². The van der Waals surface area contributed by atoms with Crippen LogP contribution in [0.4, 0.5) is 5.69 Å². The number of carbonyl (C=O) groups is 1. The summed E-state index contributed by atoms with van der Waals surface area (Å²) in [5.41, 5.74) is 1.97. The minimum Gasteiger partial charge on any atom is -0.299 e. The molecule has 1 fully saturated rings. The van der Waals surface area contributed by atoms with E-state index in [9.17, 15) is 4.79 Å². The van der Waals surface area contributed by atoms with Gasteiger partial charge in [0.05, 0.1) is 11.6 Å². The molecule has 2 nitrogen and oxygen atoms in total. The van der Waals surface area contributed by atoms with Crippen LogP contribution < -0.4 is 0 Å². The second kappa shape index (κ2) is 4.37. The van der Waals surface area contributed by atoms with Crippen LogP contribution in [0.1, 0.15) is 19.8 Å². The number of nitrogens with zero attached hydrogens (tertiary/aromatic N) is 1. The molecule has 3 rings (SSSR count). The monoisotopic (exact) mass is 237 g/mol. The largest absolute Gasteiger partial charge is 0.299 e. The summed E-state index contributed by atoms with van der Waals surface area (Å²) in [6, 6.07) is 14.4. The lowest BCUT2D eigenvalue weighted by atomic mass is 10.1. The van der Waals surface area contributed by atoms with Crippen LogP contribution in [0, 0.1) is 5.92 Å². The molecular formula is C16H15NO. The van der Waals surface area contributed by atoms with Gasteiger partial charge in [-0.2, -0.15) is 0 Å². The maximum Gasteiger partial charge on any atom is 0.141 e. The minimum absolute atomic E-state index is 0.00327. The maximum absolute atomic E-state index is 11.5. The lowest BCUT2D eigenvalue weighted by Gasteiger charge is -2.03. The Morgan fingerprint density at radius 1 is 1.06 bits per heavy atom. The highest BCUT2D eigenvalue weighted by Gasteiger charge is 2.26. The molecular weight excluding hydrogens is 222 g/mol. The van der Waals surface area contributed by atoms with Crippen molar-refractivity contribution in [2.75, 3.05) is 0 Å². The fourth-order valence-corrected chi connectivity index (χ4v) is 2.43. The van der Waals surface area contributed by atoms with Crippen molar-refractivity contribution >= 4 is 28.0 Å². The SMILES string of the molecule is CC1C(=O)CCC1=Nc1ccc2ccccc2c1. The van der Waals surface area contributed by atoms with E-state index in [2.05, 4.69) is 29.3 Å². The van der Waals surface area contributed by atoms with Gasteiger partial charge in [-0.1, -0.05) is 37.3 Å². The van der Waals surface area contributed by atoms with Gasteiger partial charge >= 0.3 is 0 Å². The van der Waals surface area contributed by atoms with Crippen molar-refractivity contribution in [3.8, 4) is 0 Å². The maximum atomic E-state index is 11.5. The Kier molecular flexibility index (Phi) is 2.71. The van der Waals surface area contributed by atoms with E-state index < -0.39 is 0 Å². The predicted octanol–water partition coefficient (Wildman–Crippen LogP) is 3.91. The smallest absolute Gasteiger partial charge is 0.141 e. The van der Waals surface area contributed by atoms with Gasteiger partial charge in [-0.25, -0.2) is 0 Å². The van der Waals surface area contributed by atoms with E-state index in [1.54, 1.807) is 0 Å². The third-order valence-corrected chi connectivity index (χ3v) is 3.62. The highest BCUT2D eigenvalue weighted by Crippen LogP contribution is 2.25. The summed E-state index contributed by atoms with van der Waals surface area (Å²) < 4.78 is 0. The van der Waals surface area contributed by atoms with Crippen LogP contribution in [-0.2, 0) is 4.79 Å². The van der Waals surface area contributed by atoms with Crippen molar-refractivity contribution in [2.45, 2.75) is 19.8 Å². The zero-order valence-corrected chi connectivity index (χ0v) is 10.4. The normalized spacial score (nSPS) is 21.9. The van der Waals surface area contributed by atoms with Crippen LogP contribution in [0.15, 0.2) is 47.5 Å². The number of rotatable bonds is 1. The summed E-state index contributed by atoms with van der Waals surface area (Å²) in [6.45, 7) is 1.95. The van der Waals surface area contributed by atoms with Gasteiger partial charge < -0.3 is 0 Å². The first-order valence-electron chi connectivity index (χ1n) is 6.33. The highest BCUT2D eigenvalue weighted by atomic mass is 16.1. The number of Topliss-reactive ketones (excluding diaryl/α,β-unsaturated/α-hetero) is 1. The van der Waals surface area contributed by atoms with Crippen molar-refractivity contribution in [2.24, 2.45) is 10.9 Å². The van der Waals surface area contributed by atoms with Gasteiger partial charge in [0.15, 0.2) is 0 Å². The van der Waals surface area contributed by atoms with Crippen molar-refractivity contribution in [1.82, 2.24) is 0 Å². The number of hydrogen-bond acceptors (Lipinski definition) is 2. The Hall–Kier alpha value is -1.96. The van der Waals surface area contributed by atoms with Crippen LogP contribution in [-0.4, -0.2) is 11.5 Å². The fraction of sp³-hybridized carbons (Fsp3) is 0.250. The van der Waals surface area contributed by atoms with Crippen LogP contribution in [0.25, 0.3) is 10.8 Å². The summed E-state index contributed by atoms with van der Waals surface area (Å²) in [6.07, 6.45) is 1.46. The first kappa shape index (κ1) is 11.1. The Balaban J connectivity index is 2.00. The van der Waals surface area contributed by atoms with Crippen LogP contribution in [0.2, 0.25) is 0 Å². The van der Waals surface area contributed by atoms with E-state index in [-0.39, 0.29) is 5.92 Å². The fourth-order valence-electron chi connectivity index (χ4n) is 2.43. The minimum atomic E-state index is -0.00327. The zero-order chi connectivity index (χ0) is 12.5. The molecule has 18 heavy (non-hydrogen) atoms. The first-order valence-corrected chi connectivity index (χ1v) is 6.33. The average Bonchev–Trinajstić information content (AvgIpc) is 2.71. The molecule has 1 aliphatic rings.